The van der Waals surface area contributed by atoms with E-state index in [0.29, 0.717) is 12.6 Å². The fourth-order valence-electron chi connectivity index (χ4n) is 3.87. The van der Waals surface area contributed by atoms with Crippen LogP contribution in [0.5, 0.6) is 0 Å². The monoisotopic (exact) mass is 323 g/mol. The summed E-state index contributed by atoms with van der Waals surface area (Å²) < 4.78 is 0. The molecule has 0 aliphatic carbocycles. The lowest BCUT2D eigenvalue weighted by Gasteiger charge is -2.36. The van der Waals surface area contributed by atoms with Crippen molar-refractivity contribution in [1.29, 1.82) is 0 Å². The van der Waals surface area contributed by atoms with Crippen LogP contribution in [0.25, 0.3) is 0 Å². The van der Waals surface area contributed by atoms with Gasteiger partial charge in [-0.2, -0.15) is 0 Å². The number of rotatable bonds is 5. The third-order valence-corrected chi connectivity index (χ3v) is 5.19. The van der Waals surface area contributed by atoms with E-state index in [0.717, 1.165) is 51.6 Å². The van der Waals surface area contributed by atoms with Crippen LogP contribution in [0.15, 0.2) is 0 Å². The maximum Gasteiger partial charge on any atom is 0.225 e. The summed E-state index contributed by atoms with van der Waals surface area (Å²) in [5, 5.41) is 6.51. The SMILES string of the molecule is CCCC(C)NC(=O)C1CCCN(C(=O)[C@H]2CCN[C@@H](C)C2)C1. The van der Waals surface area contributed by atoms with Gasteiger partial charge in [0.25, 0.3) is 0 Å². The molecule has 0 radical (unpaired) electrons. The number of nitrogens with one attached hydrogen (secondary N) is 2. The van der Waals surface area contributed by atoms with Crippen LogP contribution in [-0.2, 0) is 9.59 Å². The van der Waals surface area contributed by atoms with Crippen molar-refractivity contribution in [2.24, 2.45) is 11.8 Å². The molecular formula is C18H33N3O2. The van der Waals surface area contributed by atoms with Crippen molar-refractivity contribution in [2.45, 2.75) is 71.4 Å². The number of amides is 2. The Kier molecular flexibility index (Phi) is 6.88. The molecule has 0 aromatic heterocycles. The van der Waals surface area contributed by atoms with Crippen molar-refractivity contribution in [3.05, 3.63) is 0 Å². The molecule has 2 fully saturated rings. The smallest absolute Gasteiger partial charge is 0.225 e. The molecule has 132 valence electrons. The van der Waals surface area contributed by atoms with Crippen LogP contribution in [0.3, 0.4) is 0 Å². The van der Waals surface area contributed by atoms with Gasteiger partial charge in [0, 0.05) is 31.1 Å². The zero-order chi connectivity index (χ0) is 16.8. The summed E-state index contributed by atoms with van der Waals surface area (Å²) in [5.41, 5.74) is 0. The Hall–Kier alpha value is -1.10. The lowest BCUT2D eigenvalue weighted by Crippen LogP contribution is -2.50. The van der Waals surface area contributed by atoms with Crippen molar-refractivity contribution in [1.82, 2.24) is 15.5 Å². The number of nitrogens with zero attached hydrogens (tertiary/aromatic N) is 1. The fraction of sp³-hybridized carbons (Fsp3) is 0.889. The van der Waals surface area contributed by atoms with E-state index in [9.17, 15) is 9.59 Å². The highest BCUT2D eigenvalue weighted by atomic mass is 16.2. The molecule has 2 aliphatic heterocycles. The first-order valence-electron chi connectivity index (χ1n) is 9.33. The molecule has 0 spiro atoms. The topological polar surface area (TPSA) is 61.4 Å². The Labute approximate surface area is 140 Å². The summed E-state index contributed by atoms with van der Waals surface area (Å²) in [6.07, 6.45) is 5.76. The summed E-state index contributed by atoms with van der Waals surface area (Å²) >= 11 is 0. The highest BCUT2D eigenvalue weighted by Crippen LogP contribution is 2.23. The Bertz CT molecular complexity index is 413. The van der Waals surface area contributed by atoms with Crippen LogP contribution >= 0.6 is 0 Å². The van der Waals surface area contributed by atoms with Gasteiger partial charge >= 0.3 is 0 Å². The molecule has 5 heteroatoms. The third-order valence-electron chi connectivity index (χ3n) is 5.19. The molecule has 2 aliphatic rings. The first-order valence-corrected chi connectivity index (χ1v) is 9.33. The zero-order valence-electron chi connectivity index (χ0n) is 14.9. The molecule has 2 saturated heterocycles. The minimum Gasteiger partial charge on any atom is -0.353 e. The standard InChI is InChI=1S/C18H33N3O2/c1-4-6-13(2)20-17(22)16-7-5-10-21(12-16)18(23)15-8-9-19-14(3)11-15/h13-16,19H,4-12H2,1-3H3,(H,20,22)/t13?,14-,15-,16?/m0/s1. The normalized spacial score (nSPS) is 29.9. The van der Waals surface area contributed by atoms with Gasteiger partial charge in [-0.05, 0) is 52.5 Å². The van der Waals surface area contributed by atoms with Crippen LogP contribution in [0.1, 0.15) is 59.3 Å². The molecule has 0 aromatic carbocycles. The van der Waals surface area contributed by atoms with Gasteiger partial charge in [-0.1, -0.05) is 13.3 Å². The first-order chi connectivity index (χ1) is 11.0. The Morgan fingerprint density at radius 2 is 2.09 bits per heavy atom. The fourth-order valence-corrected chi connectivity index (χ4v) is 3.87. The van der Waals surface area contributed by atoms with E-state index in [-0.39, 0.29) is 29.7 Å². The molecule has 2 N–H and O–H groups in total. The maximum atomic E-state index is 12.8. The van der Waals surface area contributed by atoms with E-state index >= 15 is 0 Å². The quantitative estimate of drug-likeness (QED) is 0.812. The molecular weight excluding hydrogens is 290 g/mol. The van der Waals surface area contributed by atoms with Gasteiger partial charge in [0.1, 0.15) is 0 Å². The Morgan fingerprint density at radius 3 is 2.78 bits per heavy atom. The molecule has 0 saturated carbocycles. The summed E-state index contributed by atoms with van der Waals surface area (Å²) in [7, 11) is 0. The second-order valence-corrected chi connectivity index (χ2v) is 7.40. The maximum absolute atomic E-state index is 12.8. The zero-order valence-corrected chi connectivity index (χ0v) is 14.9. The highest BCUT2D eigenvalue weighted by molar-refractivity contribution is 5.82. The van der Waals surface area contributed by atoms with Crippen molar-refractivity contribution in [3.8, 4) is 0 Å². The second-order valence-electron chi connectivity index (χ2n) is 7.40. The van der Waals surface area contributed by atoms with Gasteiger partial charge in [-0.3, -0.25) is 9.59 Å². The van der Waals surface area contributed by atoms with Gasteiger partial charge in [0.15, 0.2) is 0 Å². The minimum atomic E-state index is -0.0360. The van der Waals surface area contributed by atoms with E-state index in [2.05, 4.69) is 31.4 Å². The summed E-state index contributed by atoms with van der Waals surface area (Å²) in [5.74, 6) is 0.484. The van der Waals surface area contributed by atoms with E-state index < -0.39 is 0 Å². The molecule has 2 unspecified atom stereocenters. The third kappa shape index (κ3) is 5.20. The van der Waals surface area contributed by atoms with E-state index in [1.165, 1.54) is 0 Å². The predicted molar refractivity (Wildman–Crippen MR) is 92.0 cm³/mol. The molecule has 0 bridgehead atoms. The van der Waals surface area contributed by atoms with Gasteiger partial charge < -0.3 is 15.5 Å². The average molecular weight is 323 g/mol. The summed E-state index contributed by atoms with van der Waals surface area (Å²) in [6, 6.07) is 0.639. The van der Waals surface area contributed by atoms with Crippen molar-refractivity contribution in [2.75, 3.05) is 19.6 Å². The number of piperidine rings is 2. The Balaban J connectivity index is 1.87. The van der Waals surface area contributed by atoms with Crippen LogP contribution in [0.4, 0.5) is 0 Å². The van der Waals surface area contributed by atoms with E-state index in [1.54, 1.807) is 0 Å². The molecule has 2 rings (SSSR count). The van der Waals surface area contributed by atoms with Crippen LogP contribution in [0.2, 0.25) is 0 Å². The van der Waals surface area contributed by atoms with Crippen LogP contribution < -0.4 is 10.6 Å². The van der Waals surface area contributed by atoms with Crippen LogP contribution in [-0.4, -0.2) is 48.4 Å². The number of hydrogen-bond acceptors (Lipinski definition) is 3. The van der Waals surface area contributed by atoms with Crippen molar-refractivity contribution in [3.63, 3.8) is 0 Å². The van der Waals surface area contributed by atoms with Gasteiger partial charge in [-0.25, -0.2) is 0 Å². The van der Waals surface area contributed by atoms with E-state index in [1.807, 2.05) is 4.90 Å². The molecule has 5 nitrogen and oxygen atoms in total. The number of carbonyl (C=O) groups excluding carboxylic acids is 2. The number of carbonyl (C=O) groups is 2. The average Bonchev–Trinajstić information content (AvgIpc) is 2.54. The summed E-state index contributed by atoms with van der Waals surface area (Å²) in [6.45, 7) is 8.66. The molecule has 2 amide bonds. The second kappa shape index (κ2) is 8.67. The van der Waals surface area contributed by atoms with Crippen LogP contribution in [0, 0.1) is 11.8 Å². The van der Waals surface area contributed by atoms with Crippen molar-refractivity contribution >= 4 is 11.8 Å². The largest absolute Gasteiger partial charge is 0.353 e. The Morgan fingerprint density at radius 1 is 1.30 bits per heavy atom. The number of hydrogen-bond donors (Lipinski definition) is 2. The predicted octanol–water partition coefficient (Wildman–Crippen LogP) is 1.92. The van der Waals surface area contributed by atoms with Gasteiger partial charge in [0.2, 0.25) is 11.8 Å². The number of likely N-dealkylation sites (tertiary alicyclic amines) is 1. The lowest BCUT2D eigenvalue weighted by molar-refractivity contribution is -0.140. The molecule has 0 aromatic rings. The molecule has 23 heavy (non-hydrogen) atoms. The lowest BCUT2D eigenvalue weighted by atomic mass is 9.90. The van der Waals surface area contributed by atoms with Gasteiger partial charge in [-0.15, -0.1) is 0 Å². The first kappa shape index (κ1) is 18.2. The summed E-state index contributed by atoms with van der Waals surface area (Å²) in [4.78, 5) is 27.1. The minimum absolute atomic E-state index is 0.0360. The van der Waals surface area contributed by atoms with Gasteiger partial charge in [0.05, 0.1) is 5.92 Å². The van der Waals surface area contributed by atoms with E-state index in [4.69, 9.17) is 0 Å². The highest BCUT2D eigenvalue weighted by Gasteiger charge is 2.33. The molecule has 2 heterocycles. The molecule has 4 atom stereocenters. The van der Waals surface area contributed by atoms with Crippen molar-refractivity contribution < 1.29 is 9.59 Å².